The highest BCUT2D eigenvalue weighted by Gasteiger charge is 2.20. The number of allylic oxidation sites excluding steroid dienone is 2. The molecular weight excluding hydrogens is 401 g/mol. The van der Waals surface area contributed by atoms with Gasteiger partial charge in [0.2, 0.25) is 0 Å². The Morgan fingerprint density at radius 3 is 2.69 bits per heavy atom. The van der Waals surface area contributed by atoms with Gasteiger partial charge in [0.1, 0.15) is 5.82 Å². The predicted molar refractivity (Wildman–Crippen MR) is 123 cm³/mol. The molecule has 0 aliphatic carbocycles. The Labute approximate surface area is 175 Å². The summed E-state index contributed by atoms with van der Waals surface area (Å²) in [6, 6.07) is 12.6. The summed E-state index contributed by atoms with van der Waals surface area (Å²) in [5.41, 5.74) is 2.85. The van der Waals surface area contributed by atoms with E-state index in [-0.39, 0.29) is 5.82 Å². The molecule has 0 aliphatic heterocycles. The van der Waals surface area contributed by atoms with Crippen molar-refractivity contribution in [3.05, 3.63) is 71.5 Å². The van der Waals surface area contributed by atoms with Gasteiger partial charge >= 0.3 is 0 Å². The van der Waals surface area contributed by atoms with Crippen LogP contribution in [0.4, 0.5) is 4.39 Å². The predicted octanol–water partition coefficient (Wildman–Crippen LogP) is 8.09. The zero-order valence-corrected chi connectivity index (χ0v) is 18.2. The van der Waals surface area contributed by atoms with Crippen LogP contribution in [-0.4, -0.2) is 3.97 Å². The van der Waals surface area contributed by atoms with E-state index in [1.54, 1.807) is 27.4 Å². The summed E-state index contributed by atoms with van der Waals surface area (Å²) in [6.45, 7) is 4.22. The minimum Gasteiger partial charge on any atom is -0.272 e. The summed E-state index contributed by atoms with van der Waals surface area (Å²) in [6.07, 6.45) is 6.86. The number of benzene rings is 2. The molecule has 0 spiro atoms. The summed E-state index contributed by atoms with van der Waals surface area (Å²) >= 11 is 1.57. The fourth-order valence-electron chi connectivity index (χ4n) is 3.81. The smallest absolute Gasteiger partial charge is 0.123 e. The third kappa shape index (κ3) is 3.40. The third-order valence-electron chi connectivity index (χ3n) is 5.11. The lowest BCUT2D eigenvalue weighted by Gasteiger charge is -2.14. The van der Waals surface area contributed by atoms with Crippen molar-refractivity contribution in [1.82, 2.24) is 3.97 Å². The van der Waals surface area contributed by atoms with Crippen LogP contribution in [0, 0.1) is 15.4 Å². The van der Waals surface area contributed by atoms with Gasteiger partial charge in [0, 0.05) is 32.6 Å². The van der Waals surface area contributed by atoms with Gasteiger partial charge in [-0.05, 0) is 42.7 Å². The molecule has 6 heteroatoms. The van der Waals surface area contributed by atoms with E-state index in [0.29, 0.717) is 0 Å². The minimum atomic E-state index is -2.83. The highest BCUT2D eigenvalue weighted by molar-refractivity contribution is 7.92. The van der Waals surface area contributed by atoms with Gasteiger partial charge in [-0.25, -0.2) is 13.9 Å². The second kappa shape index (κ2) is 7.76. The van der Waals surface area contributed by atoms with Crippen LogP contribution in [0.5, 0.6) is 0 Å². The molecule has 2 heterocycles. The maximum Gasteiger partial charge on any atom is 0.123 e. The van der Waals surface area contributed by atoms with Gasteiger partial charge < -0.3 is 0 Å². The first-order valence-electron chi connectivity index (χ1n) is 9.76. The Morgan fingerprint density at radius 1 is 1.14 bits per heavy atom. The summed E-state index contributed by atoms with van der Waals surface area (Å²) in [5.74, 6) is -0.291. The molecule has 29 heavy (non-hydrogen) atoms. The number of fused-ring (bicyclic) bond motifs is 2. The van der Waals surface area contributed by atoms with Gasteiger partial charge in [-0.1, -0.05) is 44.5 Å². The lowest BCUT2D eigenvalue weighted by molar-refractivity contribution is 0.629. The maximum absolute atomic E-state index is 14.1. The van der Waals surface area contributed by atoms with Gasteiger partial charge in [-0.3, -0.25) is 3.97 Å². The van der Waals surface area contributed by atoms with Crippen LogP contribution >= 0.6 is 11.3 Å². The molecule has 4 aromatic rings. The van der Waals surface area contributed by atoms with Crippen molar-refractivity contribution in [2.45, 2.75) is 38.0 Å². The minimum absolute atomic E-state index is 0.291. The van der Waals surface area contributed by atoms with Crippen LogP contribution in [0.3, 0.4) is 0 Å². The molecule has 0 amide bonds. The van der Waals surface area contributed by atoms with Crippen LogP contribution in [0.25, 0.3) is 26.6 Å². The number of hydrogen-bond donors (Lipinski definition) is 2. The molecule has 2 aromatic heterocycles. The van der Waals surface area contributed by atoms with Crippen molar-refractivity contribution >= 4 is 47.7 Å². The van der Waals surface area contributed by atoms with Gasteiger partial charge in [0.15, 0.2) is 0 Å². The van der Waals surface area contributed by atoms with E-state index >= 15 is 0 Å². The quantitative estimate of drug-likeness (QED) is 0.314. The van der Waals surface area contributed by atoms with Crippen molar-refractivity contribution in [1.29, 1.82) is 9.56 Å². The molecule has 0 atom stereocenters. The van der Waals surface area contributed by atoms with Crippen LogP contribution in [0.15, 0.2) is 65.0 Å². The molecule has 4 rings (SSSR count). The zero-order valence-electron chi connectivity index (χ0n) is 16.5. The number of rotatable bonds is 6. The van der Waals surface area contributed by atoms with Gasteiger partial charge in [-0.15, -0.1) is 11.3 Å². The highest BCUT2D eigenvalue weighted by atomic mass is 32.2. The van der Waals surface area contributed by atoms with E-state index in [1.807, 2.05) is 35.8 Å². The number of nitrogens with zero attached hydrogens (tertiary/aromatic N) is 1. The second-order valence-corrected chi connectivity index (χ2v) is 10.00. The Balaban J connectivity index is 2.00. The van der Waals surface area contributed by atoms with Crippen molar-refractivity contribution in [3.8, 4) is 0 Å². The number of hydrogen-bond acceptors (Lipinski definition) is 3. The molecule has 0 unspecified atom stereocenters. The highest BCUT2D eigenvalue weighted by Crippen LogP contribution is 2.36. The van der Waals surface area contributed by atoms with E-state index in [9.17, 15) is 4.39 Å². The lowest BCUT2D eigenvalue weighted by Crippen LogP contribution is -2.08. The van der Waals surface area contributed by atoms with E-state index in [1.165, 1.54) is 6.07 Å². The maximum atomic E-state index is 14.1. The molecule has 0 saturated carbocycles. The molecule has 0 saturated heterocycles. The standard InChI is InChI=1S/C23H24FN3S2/c1-3-7-16(8-4-2)20-14-27(21-12-11-17(24)13-19(20)21)29(25,26)23-15-28-22-10-6-5-9-18(22)23/h5-7,9-15,25-26H,3-4,8H2,1-2H3/b16-7+. The molecular formula is C23H24FN3S2. The van der Waals surface area contributed by atoms with E-state index < -0.39 is 9.81 Å². The number of halogens is 1. The zero-order chi connectivity index (χ0) is 20.6. The largest absolute Gasteiger partial charge is 0.272 e. The topological polar surface area (TPSA) is 52.6 Å². The first kappa shape index (κ1) is 19.9. The summed E-state index contributed by atoms with van der Waals surface area (Å²) in [7, 11) is -2.83. The normalized spacial score (nSPS) is 12.9. The van der Waals surface area contributed by atoms with Crippen LogP contribution in [-0.2, 0) is 9.81 Å². The Kier molecular flexibility index (Phi) is 5.32. The number of nitrogens with one attached hydrogen (secondary N) is 2. The van der Waals surface area contributed by atoms with Gasteiger partial charge in [0.25, 0.3) is 0 Å². The SMILES string of the molecule is CC/C=C(\CCC)c1cn(S(=N)(=N)c2csc3ccccc23)c2ccc(F)cc12. The second-order valence-electron chi connectivity index (χ2n) is 7.09. The van der Waals surface area contributed by atoms with Crippen LogP contribution in [0.1, 0.15) is 38.7 Å². The first-order valence-corrected chi connectivity index (χ1v) is 12.2. The van der Waals surface area contributed by atoms with Crippen LogP contribution < -0.4 is 0 Å². The molecule has 0 aliphatic rings. The molecule has 0 fully saturated rings. The summed E-state index contributed by atoms with van der Waals surface area (Å²) < 4.78 is 35.2. The molecule has 0 radical (unpaired) electrons. The molecule has 150 valence electrons. The van der Waals surface area contributed by atoms with Crippen molar-refractivity contribution < 1.29 is 4.39 Å². The first-order chi connectivity index (χ1) is 14.0. The molecule has 0 bridgehead atoms. The average Bonchev–Trinajstić information content (AvgIpc) is 3.30. The van der Waals surface area contributed by atoms with E-state index in [0.717, 1.165) is 56.3 Å². The van der Waals surface area contributed by atoms with Crippen molar-refractivity contribution in [2.24, 2.45) is 0 Å². The Bertz CT molecular complexity index is 1330. The Hall–Kier alpha value is -2.44. The van der Waals surface area contributed by atoms with Gasteiger partial charge in [0.05, 0.1) is 20.2 Å². The van der Waals surface area contributed by atoms with Crippen molar-refractivity contribution in [3.63, 3.8) is 0 Å². The van der Waals surface area contributed by atoms with Crippen molar-refractivity contribution in [2.75, 3.05) is 0 Å². The Morgan fingerprint density at radius 2 is 1.93 bits per heavy atom. The molecule has 2 N–H and O–H groups in total. The van der Waals surface area contributed by atoms with E-state index in [2.05, 4.69) is 19.9 Å². The van der Waals surface area contributed by atoms with Gasteiger partial charge in [-0.2, -0.15) is 0 Å². The summed E-state index contributed by atoms with van der Waals surface area (Å²) in [5, 5.41) is 3.68. The fourth-order valence-corrected chi connectivity index (χ4v) is 6.82. The summed E-state index contributed by atoms with van der Waals surface area (Å²) in [4.78, 5) is 0.724. The third-order valence-corrected chi connectivity index (χ3v) is 8.09. The lowest BCUT2D eigenvalue weighted by atomic mass is 10.00. The van der Waals surface area contributed by atoms with Crippen LogP contribution in [0.2, 0.25) is 0 Å². The van der Waals surface area contributed by atoms with E-state index in [4.69, 9.17) is 9.56 Å². The monoisotopic (exact) mass is 425 g/mol. The fraction of sp³-hybridized carbons (Fsp3) is 0.217. The average molecular weight is 426 g/mol. The molecule has 2 aromatic carbocycles. The number of thiophene rings is 1. The number of aromatic nitrogens is 1. The molecule has 3 nitrogen and oxygen atoms in total.